The molecule has 0 aliphatic rings. The van der Waals surface area contributed by atoms with Gasteiger partial charge in [-0.3, -0.25) is 0 Å². The summed E-state index contributed by atoms with van der Waals surface area (Å²) in [5.74, 6) is 5.39. The number of rotatable bonds is 3. The molecule has 1 rings (SSSR count). The molecule has 1 atom stereocenters. The molecule has 1 unspecified atom stereocenters. The Morgan fingerprint density at radius 2 is 2.23 bits per heavy atom. The molecule has 0 spiro atoms. The minimum Gasteiger partial charge on any atom is -0.508 e. The number of aryl methyl sites for hydroxylation is 1. The van der Waals surface area contributed by atoms with Crippen LogP contribution in [0.2, 0.25) is 0 Å². The molecule has 72 valence electrons. The van der Waals surface area contributed by atoms with E-state index < -0.39 is 0 Å². The van der Waals surface area contributed by atoms with Crippen LogP contribution in [-0.4, -0.2) is 11.7 Å². The van der Waals surface area contributed by atoms with E-state index in [0.717, 1.165) is 11.1 Å². The third-order valence-corrected chi connectivity index (χ3v) is 2.06. The molecule has 0 aliphatic heterocycles. The number of aromatic hydroxyl groups is 1. The highest BCUT2D eigenvalue weighted by Gasteiger charge is 2.09. The maximum Gasteiger partial charge on any atom is 0.119 e. The average molecular weight is 181 g/mol. The monoisotopic (exact) mass is 181 g/mol. The molecule has 0 bridgehead atoms. The summed E-state index contributed by atoms with van der Waals surface area (Å²) in [4.78, 5) is 4.54. The van der Waals surface area contributed by atoms with Gasteiger partial charge in [0.05, 0.1) is 6.61 Å². The number of nitrogens with two attached hydrogens (primary N) is 1. The van der Waals surface area contributed by atoms with Gasteiger partial charge in [-0.2, -0.15) is 0 Å². The van der Waals surface area contributed by atoms with Crippen molar-refractivity contribution in [2.24, 2.45) is 5.90 Å². The topological polar surface area (TPSA) is 55.5 Å². The van der Waals surface area contributed by atoms with Crippen LogP contribution >= 0.6 is 0 Å². The second kappa shape index (κ2) is 4.25. The Bertz CT molecular complexity index is 286. The van der Waals surface area contributed by atoms with Gasteiger partial charge in [0.1, 0.15) is 5.75 Å². The Morgan fingerprint density at radius 1 is 1.54 bits per heavy atom. The molecule has 3 N–H and O–H groups in total. The minimum absolute atomic E-state index is 0.116. The second-order valence-electron chi connectivity index (χ2n) is 3.30. The zero-order valence-electron chi connectivity index (χ0n) is 7.95. The van der Waals surface area contributed by atoms with Gasteiger partial charge in [0, 0.05) is 5.92 Å². The van der Waals surface area contributed by atoms with Crippen LogP contribution in [-0.2, 0) is 4.84 Å². The molecule has 3 heteroatoms. The van der Waals surface area contributed by atoms with Gasteiger partial charge >= 0.3 is 0 Å². The van der Waals surface area contributed by atoms with Gasteiger partial charge in [-0.25, -0.2) is 5.90 Å². The minimum atomic E-state index is 0.116. The van der Waals surface area contributed by atoms with E-state index in [1.54, 1.807) is 6.07 Å². The fourth-order valence-corrected chi connectivity index (χ4v) is 1.30. The van der Waals surface area contributed by atoms with Gasteiger partial charge in [-0.1, -0.05) is 24.6 Å². The quantitative estimate of drug-likeness (QED) is 0.698. The molecule has 0 heterocycles. The lowest BCUT2D eigenvalue weighted by atomic mass is 9.99. The molecule has 1 aromatic rings. The molecule has 3 nitrogen and oxygen atoms in total. The first-order chi connectivity index (χ1) is 6.15. The van der Waals surface area contributed by atoms with Crippen LogP contribution in [0.15, 0.2) is 18.2 Å². The lowest BCUT2D eigenvalue weighted by Crippen LogP contribution is -2.08. The van der Waals surface area contributed by atoms with Gasteiger partial charge in [-0.05, 0) is 18.6 Å². The maximum atomic E-state index is 9.54. The highest BCUT2D eigenvalue weighted by Crippen LogP contribution is 2.26. The van der Waals surface area contributed by atoms with Crippen molar-refractivity contribution in [3.63, 3.8) is 0 Å². The van der Waals surface area contributed by atoms with Crippen LogP contribution < -0.4 is 5.90 Å². The zero-order chi connectivity index (χ0) is 9.84. The van der Waals surface area contributed by atoms with Gasteiger partial charge in [0.2, 0.25) is 0 Å². The Hall–Kier alpha value is -1.06. The summed E-state index contributed by atoms with van der Waals surface area (Å²) in [6.45, 7) is 4.36. The molecule has 0 saturated heterocycles. The summed E-state index contributed by atoms with van der Waals surface area (Å²) in [5, 5.41) is 9.54. The number of hydrogen-bond donors (Lipinski definition) is 2. The largest absolute Gasteiger partial charge is 0.508 e. The van der Waals surface area contributed by atoms with E-state index in [9.17, 15) is 5.11 Å². The van der Waals surface area contributed by atoms with Crippen LogP contribution in [0, 0.1) is 6.92 Å². The predicted molar refractivity (Wildman–Crippen MR) is 51.4 cm³/mol. The molecule has 0 aromatic heterocycles. The van der Waals surface area contributed by atoms with Gasteiger partial charge in [0.15, 0.2) is 0 Å². The Morgan fingerprint density at radius 3 is 2.85 bits per heavy atom. The lowest BCUT2D eigenvalue weighted by molar-refractivity contribution is 0.126. The fraction of sp³-hybridized carbons (Fsp3) is 0.400. The van der Waals surface area contributed by atoms with Crippen molar-refractivity contribution in [1.29, 1.82) is 0 Å². The summed E-state index contributed by atoms with van der Waals surface area (Å²) in [6.07, 6.45) is 0. The first-order valence-corrected chi connectivity index (χ1v) is 4.26. The van der Waals surface area contributed by atoms with E-state index in [-0.39, 0.29) is 5.92 Å². The summed E-state index contributed by atoms with van der Waals surface area (Å²) >= 11 is 0. The second-order valence-corrected chi connectivity index (χ2v) is 3.30. The molecule has 0 saturated carbocycles. The molecule has 0 aliphatic carbocycles. The Labute approximate surface area is 78.1 Å². The molecular weight excluding hydrogens is 166 g/mol. The molecule has 0 radical (unpaired) electrons. The fourth-order valence-electron chi connectivity index (χ4n) is 1.30. The van der Waals surface area contributed by atoms with E-state index in [4.69, 9.17) is 5.90 Å². The third-order valence-electron chi connectivity index (χ3n) is 2.06. The van der Waals surface area contributed by atoms with E-state index >= 15 is 0 Å². The number of hydrogen-bond acceptors (Lipinski definition) is 3. The van der Waals surface area contributed by atoms with Crippen molar-refractivity contribution in [1.82, 2.24) is 0 Å². The number of phenolic OH excluding ortho intramolecular Hbond substituents is 1. The first-order valence-electron chi connectivity index (χ1n) is 4.26. The van der Waals surface area contributed by atoms with Gasteiger partial charge in [0.25, 0.3) is 0 Å². The maximum absolute atomic E-state index is 9.54. The summed E-state index contributed by atoms with van der Waals surface area (Å²) < 4.78 is 0. The third kappa shape index (κ3) is 2.44. The van der Waals surface area contributed by atoms with E-state index in [0.29, 0.717) is 12.4 Å². The van der Waals surface area contributed by atoms with E-state index in [2.05, 4.69) is 4.84 Å². The zero-order valence-corrected chi connectivity index (χ0v) is 7.95. The Balaban J connectivity index is 2.91. The highest BCUT2D eigenvalue weighted by atomic mass is 16.6. The molecule has 0 fully saturated rings. The van der Waals surface area contributed by atoms with Crippen molar-refractivity contribution < 1.29 is 9.94 Å². The van der Waals surface area contributed by atoms with Crippen LogP contribution in [0.4, 0.5) is 0 Å². The van der Waals surface area contributed by atoms with Crippen molar-refractivity contribution in [3.8, 4) is 5.75 Å². The predicted octanol–water partition coefficient (Wildman–Crippen LogP) is 1.69. The molecule has 13 heavy (non-hydrogen) atoms. The summed E-state index contributed by atoms with van der Waals surface area (Å²) in [5.41, 5.74) is 2.00. The van der Waals surface area contributed by atoms with Crippen molar-refractivity contribution in [2.75, 3.05) is 6.61 Å². The standard InChI is InChI=1S/C10H15NO2/c1-7-3-4-10(12)9(5-7)8(2)6-13-11/h3-5,8,12H,6,11H2,1-2H3. The van der Waals surface area contributed by atoms with Crippen LogP contribution in [0.3, 0.4) is 0 Å². The van der Waals surface area contributed by atoms with Crippen molar-refractivity contribution >= 4 is 0 Å². The smallest absolute Gasteiger partial charge is 0.119 e. The van der Waals surface area contributed by atoms with Gasteiger partial charge in [-0.15, -0.1) is 0 Å². The number of benzene rings is 1. The highest BCUT2D eigenvalue weighted by molar-refractivity contribution is 5.37. The van der Waals surface area contributed by atoms with E-state index in [1.807, 2.05) is 26.0 Å². The Kier molecular flexibility index (Phi) is 3.28. The first kappa shape index (κ1) is 10.0. The van der Waals surface area contributed by atoms with E-state index in [1.165, 1.54) is 0 Å². The van der Waals surface area contributed by atoms with Crippen LogP contribution in [0.5, 0.6) is 5.75 Å². The SMILES string of the molecule is Cc1ccc(O)c(C(C)CON)c1. The lowest BCUT2D eigenvalue weighted by Gasteiger charge is -2.12. The van der Waals surface area contributed by atoms with Crippen molar-refractivity contribution in [3.05, 3.63) is 29.3 Å². The normalized spacial score (nSPS) is 12.8. The molecule has 1 aromatic carbocycles. The number of phenols is 1. The van der Waals surface area contributed by atoms with Crippen LogP contribution in [0.1, 0.15) is 24.0 Å². The summed E-state index contributed by atoms with van der Waals surface area (Å²) in [7, 11) is 0. The van der Waals surface area contributed by atoms with Gasteiger partial charge < -0.3 is 9.94 Å². The van der Waals surface area contributed by atoms with Crippen molar-refractivity contribution in [2.45, 2.75) is 19.8 Å². The summed E-state index contributed by atoms with van der Waals surface area (Å²) in [6, 6.07) is 5.51. The molecule has 0 amide bonds. The average Bonchev–Trinajstić information content (AvgIpc) is 2.09. The molecular formula is C10H15NO2. The van der Waals surface area contributed by atoms with Crippen LogP contribution in [0.25, 0.3) is 0 Å².